The van der Waals surface area contributed by atoms with E-state index in [0.29, 0.717) is 0 Å². The highest BCUT2D eigenvalue weighted by Gasteiger charge is 2.13. The van der Waals surface area contributed by atoms with E-state index < -0.39 is 0 Å². The van der Waals surface area contributed by atoms with Crippen LogP contribution >= 0.6 is 0 Å². The summed E-state index contributed by atoms with van der Waals surface area (Å²) in [7, 11) is 0. The Morgan fingerprint density at radius 3 is 2.25 bits per heavy atom. The first-order valence-corrected chi connectivity index (χ1v) is 7.81. The average molecular weight is 322 g/mol. The Balaban J connectivity index is 2.34. The second-order valence-electron chi connectivity index (χ2n) is 5.80. The molecule has 0 radical (unpaired) electrons. The summed E-state index contributed by atoms with van der Waals surface area (Å²) in [6.45, 7) is 7.29. The SMILES string of the molecule is CC(=O)N/C(=C\c1ccccc1C)C(=O)Nc1cccc(C)c1C. The minimum Gasteiger partial charge on any atom is -0.322 e. The van der Waals surface area contributed by atoms with Crippen molar-refractivity contribution >= 4 is 23.6 Å². The van der Waals surface area contributed by atoms with Crippen molar-refractivity contribution in [2.75, 3.05) is 5.32 Å². The molecular weight excluding hydrogens is 300 g/mol. The van der Waals surface area contributed by atoms with Gasteiger partial charge < -0.3 is 10.6 Å². The van der Waals surface area contributed by atoms with Gasteiger partial charge in [-0.05, 0) is 55.2 Å². The highest BCUT2D eigenvalue weighted by Crippen LogP contribution is 2.19. The molecule has 2 amide bonds. The predicted octanol–water partition coefficient (Wildman–Crippen LogP) is 3.73. The van der Waals surface area contributed by atoms with Gasteiger partial charge in [-0.2, -0.15) is 0 Å². The zero-order valence-corrected chi connectivity index (χ0v) is 14.4. The standard InChI is InChI=1S/C20H22N2O2/c1-13-9-7-11-18(15(13)3)22-20(24)19(21-16(4)23)12-17-10-6-5-8-14(17)2/h5-12H,1-4H3,(H,21,23)(H,22,24)/b19-12-. The van der Waals surface area contributed by atoms with E-state index in [2.05, 4.69) is 10.6 Å². The average Bonchev–Trinajstić information content (AvgIpc) is 2.52. The van der Waals surface area contributed by atoms with Crippen LogP contribution in [-0.4, -0.2) is 11.8 Å². The molecule has 0 saturated carbocycles. The molecule has 2 N–H and O–H groups in total. The molecule has 24 heavy (non-hydrogen) atoms. The largest absolute Gasteiger partial charge is 0.322 e. The van der Waals surface area contributed by atoms with Crippen LogP contribution in [0.2, 0.25) is 0 Å². The summed E-state index contributed by atoms with van der Waals surface area (Å²) in [4.78, 5) is 24.1. The molecule has 0 aromatic heterocycles. The van der Waals surface area contributed by atoms with Gasteiger partial charge in [0, 0.05) is 12.6 Å². The van der Waals surface area contributed by atoms with Crippen LogP contribution in [0, 0.1) is 20.8 Å². The lowest BCUT2D eigenvalue weighted by Gasteiger charge is -2.13. The molecule has 2 aromatic carbocycles. The zero-order chi connectivity index (χ0) is 17.7. The number of rotatable bonds is 4. The van der Waals surface area contributed by atoms with Crippen LogP contribution in [-0.2, 0) is 9.59 Å². The van der Waals surface area contributed by atoms with Gasteiger partial charge in [-0.3, -0.25) is 9.59 Å². The number of carbonyl (C=O) groups excluding carboxylic acids is 2. The smallest absolute Gasteiger partial charge is 0.272 e. The molecule has 0 aliphatic heterocycles. The fourth-order valence-electron chi connectivity index (χ4n) is 2.33. The lowest BCUT2D eigenvalue weighted by atomic mass is 10.1. The van der Waals surface area contributed by atoms with Crippen LogP contribution in [0.3, 0.4) is 0 Å². The molecule has 0 unspecified atom stereocenters. The van der Waals surface area contributed by atoms with Gasteiger partial charge in [-0.1, -0.05) is 36.4 Å². The maximum absolute atomic E-state index is 12.6. The lowest BCUT2D eigenvalue weighted by molar-refractivity contribution is -0.120. The number of anilines is 1. The van der Waals surface area contributed by atoms with Crippen LogP contribution in [0.15, 0.2) is 48.2 Å². The summed E-state index contributed by atoms with van der Waals surface area (Å²) in [5, 5.41) is 5.49. The molecule has 0 atom stereocenters. The zero-order valence-electron chi connectivity index (χ0n) is 14.4. The molecule has 124 valence electrons. The monoisotopic (exact) mass is 322 g/mol. The van der Waals surface area contributed by atoms with Crippen LogP contribution in [0.5, 0.6) is 0 Å². The first kappa shape index (κ1) is 17.5. The third-order valence-electron chi connectivity index (χ3n) is 3.90. The van der Waals surface area contributed by atoms with Crippen LogP contribution in [0.1, 0.15) is 29.2 Å². The quantitative estimate of drug-likeness (QED) is 0.843. The van der Waals surface area contributed by atoms with Gasteiger partial charge in [0.1, 0.15) is 5.70 Å². The minimum absolute atomic E-state index is 0.220. The summed E-state index contributed by atoms with van der Waals surface area (Å²) in [6.07, 6.45) is 1.69. The molecule has 2 rings (SSSR count). The second-order valence-corrected chi connectivity index (χ2v) is 5.80. The Labute approximate surface area is 142 Å². The first-order chi connectivity index (χ1) is 11.4. The van der Waals surface area contributed by atoms with Gasteiger partial charge in [0.15, 0.2) is 0 Å². The van der Waals surface area contributed by atoms with Gasteiger partial charge in [-0.25, -0.2) is 0 Å². The second kappa shape index (κ2) is 7.59. The van der Waals surface area contributed by atoms with Crippen molar-refractivity contribution in [2.24, 2.45) is 0 Å². The third kappa shape index (κ3) is 4.32. The minimum atomic E-state index is -0.345. The number of amides is 2. The van der Waals surface area contributed by atoms with Crippen molar-refractivity contribution in [1.82, 2.24) is 5.32 Å². The predicted molar refractivity (Wildman–Crippen MR) is 97.5 cm³/mol. The number of hydrogen-bond acceptors (Lipinski definition) is 2. The van der Waals surface area contributed by atoms with Gasteiger partial charge in [0.05, 0.1) is 0 Å². The molecular formula is C20H22N2O2. The highest BCUT2D eigenvalue weighted by molar-refractivity contribution is 6.08. The lowest BCUT2D eigenvalue weighted by Crippen LogP contribution is -2.29. The van der Waals surface area contributed by atoms with E-state index in [1.165, 1.54) is 6.92 Å². The topological polar surface area (TPSA) is 58.2 Å². The fourth-order valence-corrected chi connectivity index (χ4v) is 2.33. The van der Waals surface area contributed by atoms with E-state index in [1.807, 2.05) is 63.2 Å². The number of carbonyl (C=O) groups is 2. The summed E-state index contributed by atoms with van der Waals surface area (Å²) < 4.78 is 0. The van der Waals surface area contributed by atoms with Crippen molar-refractivity contribution < 1.29 is 9.59 Å². The molecule has 0 fully saturated rings. The maximum atomic E-state index is 12.6. The van der Waals surface area contributed by atoms with Gasteiger partial charge in [0.2, 0.25) is 5.91 Å². The molecule has 0 aliphatic carbocycles. The molecule has 0 bridgehead atoms. The molecule has 4 heteroatoms. The maximum Gasteiger partial charge on any atom is 0.272 e. The Kier molecular flexibility index (Phi) is 5.53. The molecule has 2 aromatic rings. The van der Waals surface area contributed by atoms with E-state index >= 15 is 0 Å². The van der Waals surface area contributed by atoms with Crippen molar-refractivity contribution in [1.29, 1.82) is 0 Å². The van der Waals surface area contributed by atoms with Crippen LogP contribution in [0.4, 0.5) is 5.69 Å². The Morgan fingerprint density at radius 1 is 0.917 bits per heavy atom. The van der Waals surface area contributed by atoms with E-state index in [-0.39, 0.29) is 17.5 Å². The number of aryl methyl sites for hydroxylation is 2. The van der Waals surface area contributed by atoms with E-state index in [9.17, 15) is 9.59 Å². The number of nitrogens with one attached hydrogen (secondary N) is 2. The number of hydrogen-bond donors (Lipinski definition) is 2. The first-order valence-electron chi connectivity index (χ1n) is 7.81. The highest BCUT2D eigenvalue weighted by atomic mass is 16.2. The van der Waals surface area contributed by atoms with Crippen molar-refractivity contribution in [3.63, 3.8) is 0 Å². The Morgan fingerprint density at radius 2 is 1.58 bits per heavy atom. The number of benzene rings is 2. The van der Waals surface area contributed by atoms with Gasteiger partial charge >= 0.3 is 0 Å². The third-order valence-corrected chi connectivity index (χ3v) is 3.90. The van der Waals surface area contributed by atoms with E-state index in [0.717, 1.165) is 27.9 Å². The van der Waals surface area contributed by atoms with Crippen molar-refractivity contribution in [2.45, 2.75) is 27.7 Å². The summed E-state index contributed by atoms with van der Waals surface area (Å²) in [5.41, 5.74) is 4.97. The van der Waals surface area contributed by atoms with Gasteiger partial charge in [-0.15, -0.1) is 0 Å². The van der Waals surface area contributed by atoms with E-state index in [1.54, 1.807) is 6.08 Å². The molecule has 0 heterocycles. The van der Waals surface area contributed by atoms with E-state index in [4.69, 9.17) is 0 Å². The summed E-state index contributed by atoms with van der Waals surface area (Å²) >= 11 is 0. The molecule has 0 spiro atoms. The Bertz CT molecular complexity index is 807. The fraction of sp³-hybridized carbons (Fsp3) is 0.200. The van der Waals surface area contributed by atoms with Crippen LogP contribution < -0.4 is 10.6 Å². The summed E-state index contributed by atoms with van der Waals surface area (Å²) in [6, 6.07) is 13.4. The Hall–Kier alpha value is -2.88. The normalized spacial score (nSPS) is 11.1. The summed E-state index contributed by atoms with van der Waals surface area (Å²) in [5.74, 6) is -0.631. The molecule has 4 nitrogen and oxygen atoms in total. The van der Waals surface area contributed by atoms with Crippen molar-refractivity contribution in [3.05, 3.63) is 70.4 Å². The molecule has 0 saturated heterocycles. The van der Waals surface area contributed by atoms with Gasteiger partial charge in [0.25, 0.3) is 5.91 Å². The molecule has 0 aliphatic rings. The van der Waals surface area contributed by atoms with Crippen LogP contribution in [0.25, 0.3) is 6.08 Å². The van der Waals surface area contributed by atoms with Crippen molar-refractivity contribution in [3.8, 4) is 0 Å².